The maximum absolute atomic E-state index is 12.4. The van der Waals surface area contributed by atoms with Crippen molar-refractivity contribution in [2.45, 2.75) is 33.6 Å². The SMILES string of the molecule is CCCCNc1nc(-c2c(C)cc(C)n(C)c2=O)cs1. The molecule has 0 unspecified atom stereocenters. The van der Waals surface area contributed by atoms with E-state index in [-0.39, 0.29) is 5.56 Å². The van der Waals surface area contributed by atoms with Gasteiger partial charge in [0.05, 0.1) is 11.3 Å². The summed E-state index contributed by atoms with van der Waals surface area (Å²) in [6.07, 6.45) is 2.28. The van der Waals surface area contributed by atoms with Gasteiger partial charge in [0, 0.05) is 24.7 Å². The Labute approximate surface area is 123 Å². The average molecular weight is 291 g/mol. The fourth-order valence-corrected chi connectivity index (χ4v) is 2.86. The molecule has 0 fully saturated rings. The third-order valence-electron chi connectivity index (χ3n) is 3.43. The summed E-state index contributed by atoms with van der Waals surface area (Å²) in [6, 6.07) is 2.03. The minimum Gasteiger partial charge on any atom is -0.362 e. The molecule has 0 aliphatic heterocycles. The zero-order valence-electron chi connectivity index (χ0n) is 12.5. The van der Waals surface area contributed by atoms with Crippen molar-refractivity contribution in [1.29, 1.82) is 0 Å². The number of unbranched alkanes of at least 4 members (excludes halogenated alkanes) is 1. The van der Waals surface area contributed by atoms with Gasteiger partial charge in [-0.3, -0.25) is 4.79 Å². The normalized spacial score (nSPS) is 10.8. The zero-order valence-corrected chi connectivity index (χ0v) is 13.3. The monoisotopic (exact) mass is 291 g/mol. The number of hydrogen-bond acceptors (Lipinski definition) is 4. The Balaban J connectivity index is 2.33. The lowest BCUT2D eigenvalue weighted by atomic mass is 10.1. The molecule has 1 N–H and O–H groups in total. The molecule has 2 heterocycles. The molecule has 0 radical (unpaired) electrons. The van der Waals surface area contributed by atoms with Gasteiger partial charge >= 0.3 is 0 Å². The van der Waals surface area contributed by atoms with Crippen LogP contribution in [0.5, 0.6) is 0 Å². The summed E-state index contributed by atoms with van der Waals surface area (Å²) in [5.41, 5.74) is 3.45. The maximum atomic E-state index is 12.4. The summed E-state index contributed by atoms with van der Waals surface area (Å²) in [6.45, 7) is 6.99. The molecule has 0 saturated carbocycles. The molecule has 5 heteroatoms. The first kappa shape index (κ1) is 14.8. The molecule has 2 aromatic rings. The van der Waals surface area contributed by atoms with Gasteiger partial charge in [-0.2, -0.15) is 0 Å². The maximum Gasteiger partial charge on any atom is 0.260 e. The number of rotatable bonds is 5. The first-order valence-electron chi connectivity index (χ1n) is 6.91. The van der Waals surface area contributed by atoms with E-state index in [1.54, 1.807) is 23.0 Å². The summed E-state index contributed by atoms with van der Waals surface area (Å²) in [7, 11) is 1.80. The number of anilines is 1. The van der Waals surface area contributed by atoms with Gasteiger partial charge in [0.1, 0.15) is 0 Å². The second-order valence-corrected chi connectivity index (χ2v) is 5.88. The van der Waals surface area contributed by atoms with E-state index < -0.39 is 0 Å². The molecule has 0 saturated heterocycles. The molecule has 0 amide bonds. The molecule has 2 rings (SSSR count). The smallest absolute Gasteiger partial charge is 0.260 e. The van der Waals surface area contributed by atoms with Gasteiger partial charge in [-0.1, -0.05) is 13.3 Å². The van der Waals surface area contributed by atoms with E-state index in [1.807, 2.05) is 25.3 Å². The van der Waals surface area contributed by atoms with Crippen LogP contribution in [0.25, 0.3) is 11.3 Å². The van der Waals surface area contributed by atoms with Crippen LogP contribution < -0.4 is 10.9 Å². The van der Waals surface area contributed by atoms with Crippen molar-refractivity contribution in [2.75, 3.05) is 11.9 Å². The van der Waals surface area contributed by atoms with Gasteiger partial charge in [-0.25, -0.2) is 4.98 Å². The fraction of sp³-hybridized carbons (Fsp3) is 0.467. The number of pyridine rings is 1. The van der Waals surface area contributed by atoms with Crippen LogP contribution in [0.1, 0.15) is 31.0 Å². The summed E-state index contributed by atoms with van der Waals surface area (Å²) < 4.78 is 1.67. The van der Waals surface area contributed by atoms with E-state index in [0.29, 0.717) is 5.56 Å². The summed E-state index contributed by atoms with van der Waals surface area (Å²) >= 11 is 1.55. The highest BCUT2D eigenvalue weighted by molar-refractivity contribution is 7.14. The van der Waals surface area contributed by atoms with Crippen LogP contribution in [-0.2, 0) is 7.05 Å². The van der Waals surface area contributed by atoms with E-state index in [0.717, 1.165) is 41.5 Å². The standard InChI is InChI=1S/C15H21N3OS/c1-5-6-7-16-15-17-12(9-20-15)13-10(2)8-11(3)18(4)14(13)19/h8-9H,5-7H2,1-4H3,(H,16,17). The Morgan fingerprint density at radius 1 is 1.40 bits per heavy atom. The largest absolute Gasteiger partial charge is 0.362 e. The fourth-order valence-electron chi connectivity index (χ4n) is 2.13. The number of thiazole rings is 1. The lowest BCUT2D eigenvalue weighted by Crippen LogP contribution is -2.21. The Kier molecular flexibility index (Phi) is 4.60. The van der Waals surface area contributed by atoms with Gasteiger partial charge < -0.3 is 9.88 Å². The molecular weight excluding hydrogens is 270 g/mol. The Morgan fingerprint density at radius 3 is 2.85 bits per heavy atom. The molecule has 0 aliphatic carbocycles. The third-order valence-corrected chi connectivity index (χ3v) is 4.23. The number of nitrogens with one attached hydrogen (secondary N) is 1. The number of aryl methyl sites for hydroxylation is 2. The van der Waals surface area contributed by atoms with Gasteiger partial charge in [0.2, 0.25) is 0 Å². The lowest BCUT2D eigenvalue weighted by molar-refractivity contribution is 0.816. The van der Waals surface area contributed by atoms with E-state index >= 15 is 0 Å². The van der Waals surface area contributed by atoms with Crippen molar-refractivity contribution in [1.82, 2.24) is 9.55 Å². The van der Waals surface area contributed by atoms with Crippen LogP contribution in [-0.4, -0.2) is 16.1 Å². The van der Waals surface area contributed by atoms with Gasteiger partial charge in [-0.15, -0.1) is 11.3 Å². The highest BCUT2D eigenvalue weighted by atomic mass is 32.1. The van der Waals surface area contributed by atoms with E-state index in [1.165, 1.54) is 0 Å². The van der Waals surface area contributed by atoms with Crippen molar-refractivity contribution in [2.24, 2.45) is 7.05 Å². The second kappa shape index (κ2) is 6.22. The number of nitrogens with zero attached hydrogens (tertiary/aromatic N) is 2. The molecular formula is C15H21N3OS. The van der Waals surface area contributed by atoms with Crippen LogP contribution in [0.2, 0.25) is 0 Å². The average Bonchev–Trinajstić information content (AvgIpc) is 2.85. The Hall–Kier alpha value is -1.62. The van der Waals surface area contributed by atoms with Crippen molar-refractivity contribution in [3.63, 3.8) is 0 Å². The van der Waals surface area contributed by atoms with Gasteiger partial charge in [0.25, 0.3) is 5.56 Å². The van der Waals surface area contributed by atoms with Crippen LogP contribution in [0.3, 0.4) is 0 Å². The van der Waals surface area contributed by atoms with Crippen LogP contribution in [0.15, 0.2) is 16.2 Å². The minimum atomic E-state index is 0.0212. The molecule has 0 atom stereocenters. The zero-order chi connectivity index (χ0) is 14.7. The number of hydrogen-bond donors (Lipinski definition) is 1. The number of aromatic nitrogens is 2. The van der Waals surface area contributed by atoms with E-state index in [4.69, 9.17) is 0 Å². The molecule has 2 aromatic heterocycles. The summed E-state index contributed by atoms with van der Waals surface area (Å²) in [4.78, 5) is 16.9. The van der Waals surface area contributed by atoms with E-state index in [2.05, 4.69) is 17.2 Å². The Morgan fingerprint density at radius 2 is 2.15 bits per heavy atom. The molecule has 4 nitrogen and oxygen atoms in total. The molecule has 0 aliphatic rings. The van der Waals surface area contributed by atoms with E-state index in [9.17, 15) is 4.79 Å². The van der Waals surface area contributed by atoms with Crippen molar-refractivity contribution in [3.05, 3.63) is 33.1 Å². The molecule has 0 bridgehead atoms. The highest BCUT2D eigenvalue weighted by Gasteiger charge is 2.13. The topological polar surface area (TPSA) is 46.9 Å². The minimum absolute atomic E-state index is 0.0212. The summed E-state index contributed by atoms with van der Waals surface area (Å²) in [5, 5.41) is 6.14. The second-order valence-electron chi connectivity index (χ2n) is 5.03. The first-order valence-corrected chi connectivity index (χ1v) is 7.79. The Bertz CT molecular complexity index is 658. The van der Waals surface area contributed by atoms with Crippen LogP contribution >= 0.6 is 11.3 Å². The van der Waals surface area contributed by atoms with Crippen molar-refractivity contribution >= 4 is 16.5 Å². The predicted molar refractivity (Wildman–Crippen MR) is 85.7 cm³/mol. The highest BCUT2D eigenvalue weighted by Crippen LogP contribution is 2.25. The molecule has 108 valence electrons. The first-order chi connectivity index (χ1) is 9.54. The van der Waals surface area contributed by atoms with Gasteiger partial charge in [0.15, 0.2) is 5.13 Å². The van der Waals surface area contributed by atoms with Crippen LogP contribution in [0, 0.1) is 13.8 Å². The molecule has 0 aromatic carbocycles. The molecule has 20 heavy (non-hydrogen) atoms. The van der Waals surface area contributed by atoms with Crippen LogP contribution in [0.4, 0.5) is 5.13 Å². The predicted octanol–water partition coefficient (Wildman–Crippen LogP) is 3.34. The molecule has 0 spiro atoms. The third kappa shape index (κ3) is 2.93. The lowest BCUT2D eigenvalue weighted by Gasteiger charge is -2.08. The summed E-state index contributed by atoms with van der Waals surface area (Å²) in [5.74, 6) is 0. The quantitative estimate of drug-likeness (QED) is 0.859. The van der Waals surface area contributed by atoms with Crippen molar-refractivity contribution in [3.8, 4) is 11.3 Å². The van der Waals surface area contributed by atoms with Crippen molar-refractivity contribution < 1.29 is 0 Å². The van der Waals surface area contributed by atoms with Gasteiger partial charge in [-0.05, 0) is 31.9 Å².